The summed E-state index contributed by atoms with van der Waals surface area (Å²) < 4.78 is 0. The van der Waals surface area contributed by atoms with Gasteiger partial charge in [-0.1, -0.05) is 13.0 Å². The Bertz CT molecular complexity index is 334. The Morgan fingerprint density at radius 2 is 2.25 bits per heavy atom. The molecule has 3 rings (SSSR count). The van der Waals surface area contributed by atoms with Crippen molar-refractivity contribution in [3.8, 4) is 0 Å². The Balaban J connectivity index is 1.69. The lowest BCUT2D eigenvalue weighted by atomic mass is 9.79. The van der Waals surface area contributed by atoms with E-state index < -0.39 is 0 Å². The minimum absolute atomic E-state index is 0.592. The number of thiophene rings is 1. The summed E-state index contributed by atoms with van der Waals surface area (Å²) in [6.07, 6.45) is 5.79. The van der Waals surface area contributed by atoms with E-state index >= 15 is 0 Å². The summed E-state index contributed by atoms with van der Waals surface area (Å²) in [5, 5.41) is 5.80. The van der Waals surface area contributed by atoms with Crippen molar-refractivity contribution in [2.24, 2.45) is 17.3 Å². The van der Waals surface area contributed by atoms with Crippen molar-refractivity contribution in [1.82, 2.24) is 5.32 Å². The lowest BCUT2D eigenvalue weighted by molar-refractivity contribution is 0.252. The maximum absolute atomic E-state index is 3.59. The van der Waals surface area contributed by atoms with Crippen LogP contribution in [0.1, 0.15) is 31.1 Å². The Morgan fingerprint density at radius 1 is 1.44 bits per heavy atom. The molecule has 2 aliphatic rings. The van der Waals surface area contributed by atoms with E-state index in [1.807, 2.05) is 11.3 Å². The molecule has 2 atom stereocenters. The lowest BCUT2D eigenvalue weighted by Crippen LogP contribution is -2.35. The van der Waals surface area contributed by atoms with Crippen LogP contribution in [0.3, 0.4) is 0 Å². The van der Waals surface area contributed by atoms with Crippen LogP contribution in [0.25, 0.3) is 0 Å². The quantitative estimate of drug-likeness (QED) is 0.825. The van der Waals surface area contributed by atoms with Crippen LogP contribution in [0.4, 0.5) is 0 Å². The predicted octanol–water partition coefficient (Wildman–Crippen LogP) is 3.32. The first-order chi connectivity index (χ1) is 7.81. The monoisotopic (exact) mass is 235 g/mol. The van der Waals surface area contributed by atoms with Gasteiger partial charge in [-0.2, -0.15) is 0 Å². The largest absolute Gasteiger partial charge is 0.316 e. The van der Waals surface area contributed by atoms with Crippen molar-refractivity contribution in [1.29, 1.82) is 0 Å². The summed E-state index contributed by atoms with van der Waals surface area (Å²) in [5.41, 5.74) is 0.592. The van der Waals surface area contributed by atoms with Gasteiger partial charge in [-0.05, 0) is 60.9 Å². The highest BCUT2D eigenvalue weighted by atomic mass is 32.1. The Morgan fingerprint density at radius 3 is 2.88 bits per heavy atom. The van der Waals surface area contributed by atoms with Crippen LogP contribution in [0, 0.1) is 17.3 Å². The van der Waals surface area contributed by atoms with Crippen LogP contribution in [-0.2, 0) is 6.42 Å². The number of hydrogen-bond acceptors (Lipinski definition) is 2. The molecule has 16 heavy (non-hydrogen) atoms. The van der Waals surface area contributed by atoms with Gasteiger partial charge in [0, 0.05) is 11.4 Å². The fourth-order valence-electron chi connectivity index (χ4n) is 3.53. The molecule has 88 valence electrons. The first-order valence-corrected chi connectivity index (χ1v) is 7.42. The number of hydrogen-bond donors (Lipinski definition) is 1. The number of rotatable bonds is 5. The average Bonchev–Trinajstić information content (AvgIpc) is 2.71. The van der Waals surface area contributed by atoms with Crippen LogP contribution >= 0.6 is 11.3 Å². The van der Waals surface area contributed by atoms with E-state index in [4.69, 9.17) is 0 Å². The van der Waals surface area contributed by atoms with Crippen molar-refractivity contribution in [2.45, 2.75) is 32.6 Å². The van der Waals surface area contributed by atoms with Gasteiger partial charge in [0.15, 0.2) is 0 Å². The van der Waals surface area contributed by atoms with E-state index in [2.05, 4.69) is 29.8 Å². The zero-order valence-corrected chi connectivity index (χ0v) is 10.9. The van der Waals surface area contributed by atoms with Gasteiger partial charge in [-0.25, -0.2) is 0 Å². The highest BCUT2D eigenvalue weighted by Crippen LogP contribution is 2.60. The average molecular weight is 235 g/mol. The molecule has 0 aromatic carbocycles. The molecule has 0 aliphatic heterocycles. The van der Waals surface area contributed by atoms with Gasteiger partial charge in [0.05, 0.1) is 0 Å². The summed E-state index contributed by atoms with van der Waals surface area (Å²) in [5.74, 6) is 2.16. The molecule has 1 aromatic rings. The summed E-state index contributed by atoms with van der Waals surface area (Å²) in [7, 11) is 0. The smallest absolute Gasteiger partial charge is 0.00512 e. The van der Waals surface area contributed by atoms with Crippen molar-refractivity contribution in [3.05, 3.63) is 22.4 Å². The van der Waals surface area contributed by atoms with Gasteiger partial charge in [0.1, 0.15) is 0 Å². The second kappa shape index (κ2) is 4.15. The van der Waals surface area contributed by atoms with Crippen LogP contribution in [0.2, 0.25) is 0 Å². The summed E-state index contributed by atoms with van der Waals surface area (Å²) >= 11 is 1.93. The first-order valence-electron chi connectivity index (χ1n) is 6.54. The highest BCUT2D eigenvalue weighted by Gasteiger charge is 2.53. The van der Waals surface area contributed by atoms with Crippen LogP contribution < -0.4 is 5.32 Å². The van der Waals surface area contributed by atoms with E-state index in [0.717, 1.165) is 18.4 Å². The third-order valence-electron chi connectivity index (χ3n) is 4.34. The topological polar surface area (TPSA) is 12.0 Å². The van der Waals surface area contributed by atoms with Crippen molar-refractivity contribution >= 4 is 11.3 Å². The fraction of sp³-hybridized carbons (Fsp3) is 0.714. The molecular weight excluding hydrogens is 214 g/mol. The molecule has 2 unspecified atom stereocenters. The standard InChI is InChI=1S/C14H21NS/c1-2-15-10-14(7-11-6-12(11)8-14)9-13-4-3-5-16-13/h3-5,11-12,15H,2,6-10H2,1H3. The maximum Gasteiger partial charge on any atom is 0.00512 e. The molecule has 2 saturated carbocycles. The molecule has 2 fully saturated rings. The van der Waals surface area contributed by atoms with E-state index in [1.54, 1.807) is 4.88 Å². The lowest BCUT2D eigenvalue weighted by Gasteiger charge is -2.31. The van der Waals surface area contributed by atoms with Crippen molar-refractivity contribution in [3.63, 3.8) is 0 Å². The molecule has 2 heteroatoms. The molecule has 2 aliphatic carbocycles. The normalized spacial score (nSPS) is 36.3. The molecule has 1 heterocycles. The second-order valence-electron chi connectivity index (χ2n) is 5.70. The van der Waals surface area contributed by atoms with Crippen molar-refractivity contribution < 1.29 is 0 Å². The predicted molar refractivity (Wildman–Crippen MR) is 69.8 cm³/mol. The third-order valence-corrected chi connectivity index (χ3v) is 5.22. The molecule has 1 aromatic heterocycles. The summed E-state index contributed by atoms with van der Waals surface area (Å²) in [4.78, 5) is 1.58. The highest BCUT2D eigenvalue weighted by molar-refractivity contribution is 7.09. The fourth-order valence-corrected chi connectivity index (χ4v) is 4.41. The van der Waals surface area contributed by atoms with Crippen LogP contribution in [-0.4, -0.2) is 13.1 Å². The molecule has 0 spiro atoms. The van der Waals surface area contributed by atoms with E-state index in [1.165, 1.54) is 32.2 Å². The Hall–Kier alpha value is -0.340. The summed E-state index contributed by atoms with van der Waals surface area (Å²) in [6.45, 7) is 4.56. The van der Waals surface area contributed by atoms with Crippen LogP contribution in [0.15, 0.2) is 17.5 Å². The van der Waals surface area contributed by atoms with Gasteiger partial charge in [-0.3, -0.25) is 0 Å². The number of nitrogens with one attached hydrogen (secondary N) is 1. The molecule has 0 bridgehead atoms. The van der Waals surface area contributed by atoms with Gasteiger partial charge >= 0.3 is 0 Å². The molecule has 1 N–H and O–H groups in total. The van der Waals surface area contributed by atoms with E-state index in [9.17, 15) is 0 Å². The SMILES string of the molecule is CCNCC1(Cc2cccs2)CC2CC2C1. The van der Waals surface area contributed by atoms with E-state index in [0.29, 0.717) is 5.41 Å². The zero-order chi connectivity index (χ0) is 11.0. The van der Waals surface area contributed by atoms with Gasteiger partial charge in [-0.15, -0.1) is 11.3 Å². The first kappa shape index (κ1) is 10.8. The summed E-state index contributed by atoms with van der Waals surface area (Å²) in [6, 6.07) is 4.50. The minimum atomic E-state index is 0.592. The second-order valence-corrected chi connectivity index (χ2v) is 6.73. The molecule has 1 nitrogen and oxygen atoms in total. The molecule has 0 radical (unpaired) electrons. The zero-order valence-electron chi connectivity index (χ0n) is 10.0. The Labute approximate surface area is 102 Å². The molecular formula is C14H21NS. The van der Waals surface area contributed by atoms with Gasteiger partial charge in [0.2, 0.25) is 0 Å². The maximum atomic E-state index is 3.59. The van der Waals surface area contributed by atoms with Gasteiger partial charge in [0.25, 0.3) is 0 Å². The number of fused-ring (bicyclic) bond motifs is 1. The molecule has 0 amide bonds. The van der Waals surface area contributed by atoms with E-state index in [-0.39, 0.29) is 0 Å². The van der Waals surface area contributed by atoms with Crippen LogP contribution in [0.5, 0.6) is 0 Å². The molecule has 0 saturated heterocycles. The Kier molecular flexibility index (Phi) is 2.80. The van der Waals surface area contributed by atoms with Gasteiger partial charge < -0.3 is 5.32 Å². The van der Waals surface area contributed by atoms with Crippen molar-refractivity contribution in [2.75, 3.05) is 13.1 Å². The third kappa shape index (κ3) is 2.05. The minimum Gasteiger partial charge on any atom is -0.316 e.